The first-order chi connectivity index (χ1) is 8.67. The van der Waals surface area contributed by atoms with Crippen LogP contribution in [0.25, 0.3) is 0 Å². The first kappa shape index (κ1) is 15.4. The van der Waals surface area contributed by atoms with Crippen LogP contribution in [0.1, 0.15) is 25.7 Å². The average molecular weight is 257 g/mol. The molecular weight excluding hydrogens is 230 g/mol. The zero-order valence-electron chi connectivity index (χ0n) is 11.5. The minimum absolute atomic E-state index is 0.202. The summed E-state index contributed by atoms with van der Waals surface area (Å²) in [6.07, 6.45) is 3.55. The van der Waals surface area contributed by atoms with E-state index in [0.29, 0.717) is 25.5 Å². The van der Waals surface area contributed by atoms with Crippen molar-refractivity contribution >= 4 is 5.91 Å². The fraction of sp³-hybridized carbons (Fsp3) is 0.923. The van der Waals surface area contributed by atoms with E-state index in [1.165, 1.54) is 0 Å². The molecule has 18 heavy (non-hydrogen) atoms. The Morgan fingerprint density at radius 2 is 2.11 bits per heavy atom. The minimum Gasteiger partial charge on any atom is -0.396 e. The molecule has 0 aromatic carbocycles. The molecule has 106 valence electrons. The van der Waals surface area contributed by atoms with Crippen LogP contribution < -0.4 is 5.73 Å². The maximum absolute atomic E-state index is 11.8. The van der Waals surface area contributed by atoms with Crippen molar-refractivity contribution in [2.24, 2.45) is 11.7 Å². The van der Waals surface area contributed by atoms with Gasteiger partial charge in [0.15, 0.2) is 0 Å². The standard InChI is InChI=1S/C13H27N3O2/c1-15(7-2-6-14)13(18)5-10-16-8-3-12(11-17)4-9-16/h12,17H,2-11,14H2,1H3. The summed E-state index contributed by atoms with van der Waals surface area (Å²) < 4.78 is 0. The molecule has 0 saturated carbocycles. The van der Waals surface area contributed by atoms with Crippen molar-refractivity contribution in [1.82, 2.24) is 9.80 Å². The lowest BCUT2D eigenvalue weighted by Gasteiger charge is -2.31. The van der Waals surface area contributed by atoms with Crippen LogP contribution >= 0.6 is 0 Å². The van der Waals surface area contributed by atoms with Gasteiger partial charge in [0.1, 0.15) is 0 Å². The van der Waals surface area contributed by atoms with Gasteiger partial charge in [-0.25, -0.2) is 0 Å². The fourth-order valence-electron chi connectivity index (χ4n) is 2.29. The molecule has 0 bridgehead atoms. The summed E-state index contributed by atoms with van der Waals surface area (Å²) in [6, 6.07) is 0. The van der Waals surface area contributed by atoms with Gasteiger partial charge in [-0.1, -0.05) is 0 Å². The van der Waals surface area contributed by atoms with E-state index >= 15 is 0 Å². The van der Waals surface area contributed by atoms with Gasteiger partial charge in [0.25, 0.3) is 0 Å². The smallest absolute Gasteiger partial charge is 0.223 e. The van der Waals surface area contributed by atoms with Crippen LogP contribution in [0.5, 0.6) is 0 Å². The third-order valence-corrected chi connectivity index (χ3v) is 3.73. The third-order valence-electron chi connectivity index (χ3n) is 3.73. The lowest BCUT2D eigenvalue weighted by atomic mass is 9.98. The predicted octanol–water partition coefficient (Wildman–Crippen LogP) is -0.112. The number of hydrogen-bond acceptors (Lipinski definition) is 4. The molecule has 0 aromatic heterocycles. The SMILES string of the molecule is CN(CCCN)C(=O)CCN1CCC(CO)CC1. The van der Waals surface area contributed by atoms with Crippen molar-refractivity contribution in [3.05, 3.63) is 0 Å². The number of likely N-dealkylation sites (tertiary alicyclic amines) is 1. The second kappa shape index (κ2) is 8.45. The van der Waals surface area contributed by atoms with Crippen molar-refractivity contribution in [3.8, 4) is 0 Å². The number of nitrogens with zero attached hydrogens (tertiary/aromatic N) is 2. The summed E-state index contributed by atoms with van der Waals surface area (Å²) in [6.45, 7) is 4.53. The van der Waals surface area contributed by atoms with Gasteiger partial charge >= 0.3 is 0 Å². The summed E-state index contributed by atoms with van der Waals surface area (Å²) in [5, 5.41) is 9.06. The summed E-state index contributed by atoms with van der Waals surface area (Å²) in [4.78, 5) is 15.9. The lowest BCUT2D eigenvalue weighted by Crippen LogP contribution is -2.38. The molecule has 1 aliphatic heterocycles. The summed E-state index contributed by atoms with van der Waals surface area (Å²) in [5.74, 6) is 0.664. The number of aliphatic hydroxyl groups excluding tert-OH is 1. The number of hydrogen-bond donors (Lipinski definition) is 2. The molecule has 0 radical (unpaired) electrons. The van der Waals surface area contributed by atoms with E-state index in [-0.39, 0.29) is 5.91 Å². The van der Waals surface area contributed by atoms with E-state index < -0.39 is 0 Å². The maximum atomic E-state index is 11.8. The highest BCUT2D eigenvalue weighted by Crippen LogP contribution is 2.16. The van der Waals surface area contributed by atoms with Gasteiger partial charge in [0.05, 0.1) is 0 Å². The second-order valence-corrected chi connectivity index (χ2v) is 5.18. The Morgan fingerprint density at radius 1 is 1.44 bits per heavy atom. The monoisotopic (exact) mass is 257 g/mol. The Kier molecular flexibility index (Phi) is 7.23. The Hall–Kier alpha value is -0.650. The Bertz CT molecular complexity index is 240. The maximum Gasteiger partial charge on any atom is 0.223 e. The number of rotatable bonds is 7. The van der Waals surface area contributed by atoms with Gasteiger partial charge in [0.2, 0.25) is 5.91 Å². The van der Waals surface area contributed by atoms with Crippen molar-refractivity contribution in [3.63, 3.8) is 0 Å². The van der Waals surface area contributed by atoms with Crippen LogP contribution in [0.4, 0.5) is 0 Å². The van der Waals surface area contributed by atoms with Crippen LogP contribution in [0.2, 0.25) is 0 Å². The first-order valence-corrected chi connectivity index (χ1v) is 6.94. The summed E-state index contributed by atoms with van der Waals surface area (Å²) in [7, 11) is 1.84. The number of amides is 1. The largest absolute Gasteiger partial charge is 0.396 e. The molecule has 1 amide bonds. The van der Waals surface area contributed by atoms with E-state index in [4.69, 9.17) is 10.8 Å². The molecular formula is C13H27N3O2. The van der Waals surface area contributed by atoms with Crippen LogP contribution in [0, 0.1) is 5.92 Å². The third kappa shape index (κ3) is 5.33. The molecule has 1 fully saturated rings. The van der Waals surface area contributed by atoms with Gasteiger partial charge in [0, 0.05) is 33.2 Å². The van der Waals surface area contributed by atoms with Gasteiger partial charge in [-0.2, -0.15) is 0 Å². The molecule has 0 atom stereocenters. The van der Waals surface area contributed by atoms with E-state index in [9.17, 15) is 4.79 Å². The molecule has 1 saturated heterocycles. The van der Waals surface area contributed by atoms with Gasteiger partial charge < -0.3 is 20.6 Å². The Balaban J connectivity index is 2.15. The van der Waals surface area contributed by atoms with Gasteiger partial charge in [-0.3, -0.25) is 4.79 Å². The molecule has 0 aromatic rings. The Labute approximate surface area is 110 Å². The highest BCUT2D eigenvalue weighted by molar-refractivity contribution is 5.76. The van der Waals surface area contributed by atoms with Crippen molar-refractivity contribution < 1.29 is 9.90 Å². The molecule has 0 aliphatic carbocycles. The normalized spacial score (nSPS) is 17.9. The summed E-state index contributed by atoms with van der Waals surface area (Å²) in [5.41, 5.74) is 5.43. The molecule has 5 heteroatoms. The minimum atomic E-state index is 0.202. The van der Waals surface area contributed by atoms with Crippen LogP contribution in [0.15, 0.2) is 0 Å². The van der Waals surface area contributed by atoms with Crippen molar-refractivity contribution in [2.45, 2.75) is 25.7 Å². The molecule has 0 spiro atoms. The highest BCUT2D eigenvalue weighted by Gasteiger charge is 2.19. The molecule has 5 nitrogen and oxygen atoms in total. The number of piperidine rings is 1. The van der Waals surface area contributed by atoms with E-state index in [1.807, 2.05) is 7.05 Å². The number of nitrogens with two attached hydrogens (primary N) is 1. The Morgan fingerprint density at radius 3 is 2.67 bits per heavy atom. The van der Waals surface area contributed by atoms with E-state index in [1.54, 1.807) is 4.90 Å². The predicted molar refractivity (Wildman–Crippen MR) is 72.2 cm³/mol. The lowest BCUT2D eigenvalue weighted by molar-refractivity contribution is -0.130. The molecule has 3 N–H and O–H groups in total. The number of aliphatic hydroxyl groups is 1. The van der Waals surface area contributed by atoms with Crippen molar-refractivity contribution in [2.75, 3.05) is 46.4 Å². The van der Waals surface area contributed by atoms with Crippen molar-refractivity contribution in [1.29, 1.82) is 0 Å². The number of carbonyl (C=O) groups excluding carboxylic acids is 1. The molecule has 1 heterocycles. The van der Waals surface area contributed by atoms with Crippen LogP contribution in [-0.4, -0.2) is 67.2 Å². The number of carbonyl (C=O) groups is 1. The van der Waals surface area contributed by atoms with E-state index in [0.717, 1.165) is 45.4 Å². The first-order valence-electron chi connectivity index (χ1n) is 6.94. The van der Waals surface area contributed by atoms with Gasteiger partial charge in [-0.15, -0.1) is 0 Å². The topological polar surface area (TPSA) is 69.8 Å². The molecule has 1 rings (SSSR count). The molecule has 1 aliphatic rings. The van der Waals surface area contributed by atoms with Gasteiger partial charge in [-0.05, 0) is 44.8 Å². The average Bonchev–Trinajstić information content (AvgIpc) is 2.42. The zero-order valence-corrected chi connectivity index (χ0v) is 11.5. The van der Waals surface area contributed by atoms with E-state index in [2.05, 4.69) is 4.90 Å². The molecule has 0 unspecified atom stereocenters. The summed E-state index contributed by atoms with van der Waals surface area (Å²) >= 11 is 0. The highest BCUT2D eigenvalue weighted by atomic mass is 16.3. The fourth-order valence-corrected chi connectivity index (χ4v) is 2.29. The second-order valence-electron chi connectivity index (χ2n) is 5.18. The zero-order chi connectivity index (χ0) is 13.4. The quantitative estimate of drug-likeness (QED) is 0.667. The van der Waals surface area contributed by atoms with Crippen LogP contribution in [-0.2, 0) is 4.79 Å². The van der Waals surface area contributed by atoms with Crippen LogP contribution in [0.3, 0.4) is 0 Å².